The molecule has 0 atom stereocenters. The van der Waals surface area contributed by atoms with Crippen molar-refractivity contribution in [2.75, 3.05) is 5.32 Å². The van der Waals surface area contributed by atoms with Crippen LogP contribution in [0.4, 0.5) is 5.69 Å². The zero-order valence-corrected chi connectivity index (χ0v) is 17.1. The predicted octanol–water partition coefficient (Wildman–Crippen LogP) is 6.30. The summed E-state index contributed by atoms with van der Waals surface area (Å²) in [4.78, 5) is 25.8. The van der Waals surface area contributed by atoms with E-state index in [0.29, 0.717) is 17.7 Å². The van der Waals surface area contributed by atoms with Gasteiger partial charge in [0.2, 0.25) is 5.91 Å². The summed E-state index contributed by atoms with van der Waals surface area (Å²) in [6.07, 6.45) is 5.60. The van der Waals surface area contributed by atoms with Gasteiger partial charge in [-0.3, -0.25) is 9.59 Å². The number of rotatable bonds is 6. The molecule has 3 aromatic carbocycles. The Kier molecular flexibility index (Phi) is 6.38. The largest absolute Gasteiger partial charge is 0.325 e. The molecule has 0 saturated heterocycles. The zero-order chi connectivity index (χ0) is 20.8. The van der Waals surface area contributed by atoms with Crippen molar-refractivity contribution in [1.29, 1.82) is 0 Å². The lowest BCUT2D eigenvalue weighted by Crippen LogP contribution is -2.25. The maximum Gasteiger partial charge on any atom is 0.227 e. The predicted molar refractivity (Wildman–Crippen MR) is 122 cm³/mol. The number of ketones is 1. The third kappa shape index (κ3) is 4.85. The summed E-state index contributed by atoms with van der Waals surface area (Å²) in [6.45, 7) is 0. The minimum atomic E-state index is 0.0137. The first kappa shape index (κ1) is 20.1. The van der Waals surface area contributed by atoms with Crippen LogP contribution in [-0.4, -0.2) is 11.7 Å². The third-order valence-corrected chi connectivity index (χ3v) is 5.86. The van der Waals surface area contributed by atoms with Crippen molar-refractivity contribution < 1.29 is 9.59 Å². The highest BCUT2D eigenvalue weighted by Crippen LogP contribution is 2.27. The van der Waals surface area contributed by atoms with Crippen molar-refractivity contribution in [1.82, 2.24) is 0 Å². The average molecular weight is 398 g/mol. The monoisotopic (exact) mass is 397 g/mol. The summed E-state index contributed by atoms with van der Waals surface area (Å²) >= 11 is 0. The van der Waals surface area contributed by atoms with E-state index in [0.717, 1.165) is 42.4 Å². The number of carbonyl (C=O) groups is 2. The van der Waals surface area contributed by atoms with E-state index in [2.05, 4.69) is 29.6 Å². The van der Waals surface area contributed by atoms with E-state index in [1.165, 1.54) is 6.42 Å². The molecule has 0 heterocycles. The van der Waals surface area contributed by atoms with Gasteiger partial charge in [0.25, 0.3) is 0 Å². The van der Waals surface area contributed by atoms with E-state index in [9.17, 15) is 9.59 Å². The zero-order valence-electron chi connectivity index (χ0n) is 17.1. The van der Waals surface area contributed by atoms with Crippen LogP contribution in [0.1, 0.15) is 48.0 Å². The fraction of sp³-hybridized carbons (Fsp3) is 0.259. The van der Waals surface area contributed by atoms with Gasteiger partial charge in [-0.2, -0.15) is 0 Å². The molecule has 3 nitrogen and oxygen atoms in total. The van der Waals surface area contributed by atoms with Gasteiger partial charge in [0.1, 0.15) is 0 Å². The molecule has 4 rings (SSSR count). The Hall–Kier alpha value is -3.20. The van der Waals surface area contributed by atoms with Gasteiger partial charge in [0.15, 0.2) is 5.78 Å². The highest BCUT2D eigenvalue weighted by Gasteiger charge is 2.22. The minimum Gasteiger partial charge on any atom is -0.325 e. The Balaban J connectivity index is 1.50. The smallest absolute Gasteiger partial charge is 0.227 e. The lowest BCUT2D eigenvalue weighted by molar-refractivity contribution is -0.120. The van der Waals surface area contributed by atoms with Crippen molar-refractivity contribution in [2.24, 2.45) is 5.92 Å². The third-order valence-electron chi connectivity index (χ3n) is 5.86. The number of hydrogen-bond donors (Lipinski definition) is 1. The second-order valence-electron chi connectivity index (χ2n) is 8.04. The van der Waals surface area contributed by atoms with Gasteiger partial charge >= 0.3 is 0 Å². The summed E-state index contributed by atoms with van der Waals surface area (Å²) in [6, 6.07) is 25.6. The number of benzene rings is 3. The molecule has 1 aliphatic carbocycles. The van der Waals surface area contributed by atoms with Crippen molar-refractivity contribution >= 4 is 17.4 Å². The van der Waals surface area contributed by atoms with E-state index < -0.39 is 0 Å². The molecular weight excluding hydrogens is 370 g/mol. The first-order valence-corrected chi connectivity index (χ1v) is 10.8. The summed E-state index contributed by atoms with van der Waals surface area (Å²) in [5.74, 6) is 0.116. The molecule has 0 bridgehead atoms. The molecule has 0 aromatic heterocycles. The Bertz CT molecular complexity index is 1020. The lowest BCUT2D eigenvalue weighted by atomic mass is 9.88. The molecule has 3 aromatic rings. The maximum atomic E-state index is 13.1. The standard InChI is InChI=1S/C27H27NO2/c29-26(19-20-10-9-15-23(18-20)21-11-3-1-4-12-21)24-16-7-8-17-25(24)28-27(30)22-13-5-2-6-14-22/h1,3-4,7-12,15-18,22H,2,5-6,13-14,19H2,(H,28,30). The molecule has 1 fully saturated rings. The Morgan fingerprint density at radius 3 is 2.27 bits per heavy atom. The van der Waals surface area contributed by atoms with Crippen LogP contribution in [0.3, 0.4) is 0 Å². The highest BCUT2D eigenvalue weighted by molar-refractivity contribution is 6.06. The van der Waals surface area contributed by atoms with Gasteiger partial charge in [-0.15, -0.1) is 0 Å². The van der Waals surface area contributed by atoms with Crippen LogP contribution in [0.25, 0.3) is 11.1 Å². The van der Waals surface area contributed by atoms with Crippen molar-refractivity contribution in [2.45, 2.75) is 38.5 Å². The van der Waals surface area contributed by atoms with E-state index in [-0.39, 0.29) is 17.6 Å². The fourth-order valence-electron chi connectivity index (χ4n) is 4.21. The van der Waals surface area contributed by atoms with Crippen LogP contribution in [0.15, 0.2) is 78.9 Å². The summed E-state index contributed by atoms with van der Waals surface area (Å²) in [5.41, 5.74) is 4.39. The lowest BCUT2D eigenvalue weighted by Gasteiger charge is -2.21. The van der Waals surface area contributed by atoms with E-state index in [1.54, 1.807) is 6.07 Å². The molecule has 0 unspecified atom stereocenters. The molecular formula is C27H27NO2. The van der Waals surface area contributed by atoms with Crippen LogP contribution >= 0.6 is 0 Å². The van der Waals surface area contributed by atoms with E-state index >= 15 is 0 Å². The van der Waals surface area contributed by atoms with E-state index in [1.807, 2.05) is 48.5 Å². The molecule has 0 radical (unpaired) electrons. The van der Waals surface area contributed by atoms with Gasteiger partial charge < -0.3 is 5.32 Å². The number of amides is 1. The number of anilines is 1. The molecule has 0 spiro atoms. The SMILES string of the molecule is O=C(Cc1cccc(-c2ccccc2)c1)c1ccccc1NC(=O)C1CCCCC1. The van der Waals surface area contributed by atoms with Gasteiger partial charge in [-0.25, -0.2) is 0 Å². The van der Waals surface area contributed by atoms with Crippen LogP contribution in [0, 0.1) is 5.92 Å². The van der Waals surface area contributed by atoms with Crippen molar-refractivity contribution in [3.05, 3.63) is 90.0 Å². The van der Waals surface area contributed by atoms with Crippen LogP contribution < -0.4 is 5.32 Å². The molecule has 1 aliphatic rings. The Morgan fingerprint density at radius 2 is 1.47 bits per heavy atom. The minimum absolute atomic E-state index is 0.0137. The number of carbonyl (C=O) groups excluding carboxylic acids is 2. The maximum absolute atomic E-state index is 13.1. The second-order valence-corrected chi connectivity index (χ2v) is 8.04. The van der Waals surface area contributed by atoms with Crippen molar-refractivity contribution in [3.63, 3.8) is 0 Å². The topological polar surface area (TPSA) is 46.2 Å². The first-order chi connectivity index (χ1) is 14.7. The molecule has 3 heteroatoms. The first-order valence-electron chi connectivity index (χ1n) is 10.8. The molecule has 1 N–H and O–H groups in total. The fourth-order valence-corrected chi connectivity index (χ4v) is 4.21. The molecule has 30 heavy (non-hydrogen) atoms. The average Bonchev–Trinajstić information content (AvgIpc) is 2.81. The summed E-state index contributed by atoms with van der Waals surface area (Å²) in [5, 5.41) is 3.02. The van der Waals surface area contributed by atoms with Gasteiger partial charge in [-0.1, -0.05) is 86.0 Å². The molecule has 1 amide bonds. The van der Waals surface area contributed by atoms with E-state index in [4.69, 9.17) is 0 Å². The summed E-state index contributed by atoms with van der Waals surface area (Å²) in [7, 11) is 0. The number of nitrogens with one attached hydrogen (secondary N) is 1. The van der Waals surface area contributed by atoms with Gasteiger partial charge in [-0.05, 0) is 41.7 Å². The Labute approximate surface area is 178 Å². The Morgan fingerprint density at radius 1 is 0.767 bits per heavy atom. The van der Waals surface area contributed by atoms with Gasteiger partial charge in [0.05, 0.1) is 5.69 Å². The highest BCUT2D eigenvalue weighted by atomic mass is 16.2. The molecule has 152 valence electrons. The normalized spacial score (nSPS) is 14.3. The van der Waals surface area contributed by atoms with Crippen LogP contribution in [0.5, 0.6) is 0 Å². The second kappa shape index (κ2) is 9.53. The number of Topliss-reactive ketones (excluding diaryl/α,β-unsaturated/α-hetero) is 1. The quantitative estimate of drug-likeness (QED) is 0.496. The number of para-hydroxylation sites is 1. The van der Waals surface area contributed by atoms with Crippen LogP contribution in [-0.2, 0) is 11.2 Å². The van der Waals surface area contributed by atoms with Gasteiger partial charge in [0, 0.05) is 17.9 Å². The number of hydrogen-bond acceptors (Lipinski definition) is 2. The molecule has 0 aliphatic heterocycles. The molecule has 1 saturated carbocycles. The van der Waals surface area contributed by atoms with Crippen molar-refractivity contribution in [3.8, 4) is 11.1 Å². The van der Waals surface area contributed by atoms with Crippen LogP contribution in [0.2, 0.25) is 0 Å². The summed E-state index contributed by atoms with van der Waals surface area (Å²) < 4.78 is 0.